The maximum atomic E-state index is 11.8. The fourth-order valence-electron chi connectivity index (χ4n) is 1.41. The molecular weight excluding hydrogens is 354 g/mol. The van der Waals surface area contributed by atoms with Crippen molar-refractivity contribution in [2.24, 2.45) is 0 Å². The molecule has 17 heavy (non-hydrogen) atoms. The summed E-state index contributed by atoms with van der Waals surface area (Å²) in [6.45, 7) is 0.355. The molecule has 1 N–H and O–H groups in total. The van der Waals surface area contributed by atoms with Crippen LogP contribution in [-0.2, 0) is 6.54 Å². The molecule has 0 bridgehead atoms. The first kappa shape index (κ1) is 12.4. The van der Waals surface area contributed by atoms with E-state index in [1.807, 2.05) is 28.7 Å². The number of aromatic hydroxyl groups is 1. The predicted molar refractivity (Wildman–Crippen MR) is 73.4 cm³/mol. The zero-order valence-electron chi connectivity index (χ0n) is 8.60. The molecule has 1 aromatic carbocycles. The number of hydrogen-bond acceptors (Lipinski definition) is 3. The van der Waals surface area contributed by atoms with E-state index in [2.05, 4.69) is 4.98 Å². The molecule has 88 valence electrons. The first-order chi connectivity index (χ1) is 8.08. The Bertz CT molecular complexity index is 613. The van der Waals surface area contributed by atoms with Gasteiger partial charge in [-0.05, 0) is 40.3 Å². The van der Waals surface area contributed by atoms with Crippen molar-refractivity contribution in [3.8, 4) is 5.75 Å². The Kier molecular flexibility index (Phi) is 3.68. The molecule has 0 amide bonds. The number of benzene rings is 1. The minimum Gasteiger partial charge on any atom is -0.508 e. The number of aromatic nitrogens is 2. The highest BCUT2D eigenvalue weighted by atomic mass is 127. The van der Waals surface area contributed by atoms with E-state index < -0.39 is 0 Å². The van der Waals surface area contributed by atoms with E-state index in [9.17, 15) is 9.90 Å². The molecule has 0 spiro atoms. The molecule has 0 saturated heterocycles. The van der Waals surface area contributed by atoms with Crippen molar-refractivity contribution in [1.82, 2.24) is 9.55 Å². The first-order valence-electron chi connectivity index (χ1n) is 4.76. The molecule has 0 aliphatic rings. The summed E-state index contributed by atoms with van der Waals surface area (Å²) in [7, 11) is 0. The lowest BCUT2D eigenvalue weighted by Gasteiger charge is -2.06. The lowest BCUT2D eigenvalue weighted by atomic mass is 10.2. The van der Waals surface area contributed by atoms with Crippen molar-refractivity contribution in [3.63, 3.8) is 0 Å². The third-order valence-corrected chi connectivity index (χ3v) is 3.78. The summed E-state index contributed by atoms with van der Waals surface area (Å²) in [5, 5.41) is 9.54. The van der Waals surface area contributed by atoms with Crippen LogP contribution in [0.25, 0.3) is 0 Å². The normalized spacial score (nSPS) is 10.5. The Morgan fingerprint density at radius 2 is 2.24 bits per heavy atom. The van der Waals surface area contributed by atoms with Crippen LogP contribution in [0.3, 0.4) is 0 Å². The van der Waals surface area contributed by atoms with Gasteiger partial charge >= 0.3 is 0 Å². The average molecular weight is 363 g/mol. The largest absolute Gasteiger partial charge is 0.508 e. The molecule has 4 nitrogen and oxygen atoms in total. The number of rotatable bonds is 2. The average Bonchev–Trinajstić information content (AvgIpc) is 2.30. The molecule has 0 atom stereocenters. The molecule has 1 aromatic heterocycles. The predicted octanol–water partition coefficient (Wildman–Crippen LogP) is 2.26. The van der Waals surface area contributed by atoms with Crippen molar-refractivity contribution < 1.29 is 5.11 Å². The SMILES string of the molecule is O=c1c(I)c(Cl)ncn1Cc1cccc(O)c1. The second kappa shape index (κ2) is 5.05. The van der Waals surface area contributed by atoms with Crippen LogP contribution in [0.15, 0.2) is 35.4 Å². The van der Waals surface area contributed by atoms with Gasteiger partial charge < -0.3 is 5.11 Å². The third kappa shape index (κ3) is 2.78. The lowest BCUT2D eigenvalue weighted by molar-refractivity contribution is 0.474. The summed E-state index contributed by atoms with van der Waals surface area (Å²) in [4.78, 5) is 15.8. The summed E-state index contributed by atoms with van der Waals surface area (Å²) < 4.78 is 1.84. The fraction of sp³-hybridized carbons (Fsp3) is 0.0909. The molecule has 0 unspecified atom stereocenters. The van der Waals surface area contributed by atoms with Gasteiger partial charge in [0.15, 0.2) is 0 Å². The van der Waals surface area contributed by atoms with E-state index in [1.165, 1.54) is 10.9 Å². The number of halogens is 2. The number of nitrogens with zero attached hydrogens (tertiary/aromatic N) is 2. The Morgan fingerprint density at radius 3 is 2.94 bits per heavy atom. The highest BCUT2D eigenvalue weighted by Gasteiger charge is 2.07. The molecule has 0 aliphatic carbocycles. The topological polar surface area (TPSA) is 55.1 Å². The molecule has 0 saturated carbocycles. The smallest absolute Gasteiger partial charge is 0.268 e. The van der Waals surface area contributed by atoms with Gasteiger partial charge in [-0.25, -0.2) is 4.98 Å². The highest BCUT2D eigenvalue weighted by molar-refractivity contribution is 14.1. The molecule has 2 aromatic rings. The minimum atomic E-state index is -0.186. The van der Waals surface area contributed by atoms with Crippen molar-refractivity contribution >= 4 is 34.2 Å². The molecule has 2 rings (SSSR count). The van der Waals surface area contributed by atoms with E-state index in [1.54, 1.807) is 18.2 Å². The zero-order valence-corrected chi connectivity index (χ0v) is 11.5. The zero-order chi connectivity index (χ0) is 12.4. The van der Waals surface area contributed by atoms with Crippen LogP contribution in [0, 0.1) is 3.57 Å². The second-order valence-electron chi connectivity index (χ2n) is 3.45. The minimum absolute atomic E-state index is 0.173. The van der Waals surface area contributed by atoms with Gasteiger partial charge in [-0.1, -0.05) is 23.7 Å². The van der Waals surface area contributed by atoms with E-state index in [-0.39, 0.29) is 16.5 Å². The van der Waals surface area contributed by atoms with Crippen LogP contribution in [0.4, 0.5) is 0 Å². The van der Waals surface area contributed by atoms with Gasteiger partial charge in [0, 0.05) is 0 Å². The van der Waals surface area contributed by atoms with Crippen LogP contribution in [-0.4, -0.2) is 14.7 Å². The Morgan fingerprint density at radius 1 is 1.47 bits per heavy atom. The van der Waals surface area contributed by atoms with Gasteiger partial charge in [0.1, 0.15) is 14.5 Å². The van der Waals surface area contributed by atoms with E-state index in [0.29, 0.717) is 10.1 Å². The van der Waals surface area contributed by atoms with Gasteiger partial charge in [-0.15, -0.1) is 0 Å². The maximum absolute atomic E-state index is 11.8. The van der Waals surface area contributed by atoms with Crippen LogP contribution in [0.5, 0.6) is 5.75 Å². The number of phenols is 1. The molecule has 0 fully saturated rings. The summed E-state index contributed by atoms with van der Waals surface area (Å²) in [5.41, 5.74) is 0.640. The number of phenolic OH excluding ortho intramolecular Hbond substituents is 1. The van der Waals surface area contributed by atoms with Crippen LogP contribution < -0.4 is 5.56 Å². The van der Waals surface area contributed by atoms with Gasteiger partial charge in [0.05, 0.1) is 12.9 Å². The van der Waals surface area contributed by atoms with Crippen molar-refractivity contribution in [2.45, 2.75) is 6.54 Å². The first-order valence-corrected chi connectivity index (χ1v) is 6.22. The lowest BCUT2D eigenvalue weighted by Crippen LogP contribution is -2.23. The fourth-order valence-corrected chi connectivity index (χ4v) is 1.98. The van der Waals surface area contributed by atoms with Crippen molar-refractivity contribution in [1.29, 1.82) is 0 Å². The van der Waals surface area contributed by atoms with Gasteiger partial charge in [-0.3, -0.25) is 9.36 Å². The molecule has 0 radical (unpaired) electrons. The Hall–Kier alpha value is -1.08. The molecule has 1 heterocycles. The number of hydrogen-bond donors (Lipinski definition) is 1. The highest BCUT2D eigenvalue weighted by Crippen LogP contribution is 2.13. The van der Waals surface area contributed by atoms with Gasteiger partial charge in [-0.2, -0.15) is 0 Å². The second-order valence-corrected chi connectivity index (χ2v) is 4.89. The van der Waals surface area contributed by atoms with Crippen LogP contribution in [0.1, 0.15) is 5.56 Å². The standard InChI is InChI=1S/C11H8ClIN2O2/c12-10-9(13)11(17)15(6-14-10)5-7-2-1-3-8(16)4-7/h1-4,6,16H,5H2. The van der Waals surface area contributed by atoms with Crippen molar-refractivity contribution in [2.75, 3.05) is 0 Å². The summed E-state index contributed by atoms with van der Waals surface area (Å²) >= 11 is 7.61. The summed E-state index contributed by atoms with van der Waals surface area (Å²) in [6, 6.07) is 6.74. The maximum Gasteiger partial charge on any atom is 0.268 e. The Labute approximate surface area is 116 Å². The Balaban J connectivity index is 2.37. The molecule has 6 heteroatoms. The van der Waals surface area contributed by atoms with Crippen LogP contribution >= 0.6 is 34.2 Å². The van der Waals surface area contributed by atoms with Gasteiger partial charge in [0.25, 0.3) is 5.56 Å². The molecule has 0 aliphatic heterocycles. The monoisotopic (exact) mass is 362 g/mol. The molecular formula is C11H8ClIN2O2. The van der Waals surface area contributed by atoms with E-state index >= 15 is 0 Å². The summed E-state index contributed by atoms with van der Waals surface area (Å²) in [5.74, 6) is 0.173. The quantitative estimate of drug-likeness (QED) is 0.658. The van der Waals surface area contributed by atoms with Crippen molar-refractivity contribution in [3.05, 3.63) is 55.2 Å². The van der Waals surface area contributed by atoms with E-state index in [0.717, 1.165) is 5.56 Å². The van der Waals surface area contributed by atoms with Gasteiger partial charge in [0.2, 0.25) is 0 Å². The van der Waals surface area contributed by atoms with Crippen LogP contribution in [0.2, 0.25) is 5.15 Å². The van der Waals surface area contributed by atoms with E-state index in [4.69, 9.17) is 11.6 Å². The third-order valence-electron chi connectivity index (χ3n) is 2.20. The summed E-state index contributed by atoms with van der Waals surface area (Å²) in [6.07, 6.45) is 1.40.